The van der Waals surface area contributed by atoms with Gasteiger partial charge >= 0.3 is 0 Å². The van der Waals surface area contributed by atoms with Crippen LogP contribution in [0.3, 0.4) is 0 Å². The molecule has 2 nitrogen and oxygen atoms in total. The summed E-state index contributed by atoms with van der Waals surface area (Å²) in [5, 5.41) is 0. The molecule has 0 radical (unpaired) electrons. The zero-order valence-corrected chi connectivity index (χ0v) is 12.0. The Morgan fingerprint density at radius 2 is 1.60 bits per heavy atom. The standard InChI is InChI=1S/C18H21NO/c1-18(2)16(17(18)19)14-8-10-15(11-9-14)20-12-13-6-4-3-5-7-13/h3-11,16-17H,12,19H2,1-2H3. The maximum atomic E-state index is 6.12. The van der Waals surface area contributed by atoms with E-state index < -0.39 is 0 Å². The van der Waals surface area contributed by atoms with E-state index >= 15 is 0 Å². The molecule has 1 aliphatic carbocycles. The van der Waals surface area contributed by atoms with Gasteiger partial charge in [-0.3, -0.25) is 0 Å². The van der Waals surface area contributed by atoms with E-state index in [0.29, 0.717) is 12.5 Å². The average Bonchev–Trinajstić information content (AvgIpc) is 2.97. The third kappa shape index (κ3) is 2.44. The second-order valence-corrected chi connectivity index (χ2v) is 6.17. The van der Waals surface area contributed by atoms with Gasteiger partial charge in [0, 0.05) is 12.0 Å². The van der Waals surface area contributed by atoms with Gasteiger partial charge in [-0.2, -0.15) is 0 Å². The first-order valence-electron chi connectivity index (χ1n) is 7.11. The molecule has 3 rings (SSSR count). The Balaban J connectivity index is 1.63. The lowest BCUT2D eigenvalue weighted by Crippen LogP contribution is -2.06. The Kier molecular flexibility index (Phi) is 3.27. The van der Waals surface area contributed by atoms with Gasteiger partial charge in [0.2, 0.25) is 0 Å². The first kappa shape index (κ1) is 13.2. The normalized spacial score (nSPS) is 23.4. The predicted molar refractivity (Wildman–Crippen MR) is 81.7 cm³/mol. The highest BCUT2D eigenvalue weighted by Crippen LogP contribution is 2.57. The highest BCUT2D eigenvalue weighted by Gasteiger charge is 2.55. The smallest absolute Gasteiger partial charge is 0.119 e. The minimum Gasteiger partial charge on any atom is -0.489 e. The van der Waals surface area contributed by atoms with Crippen LogP contribution < -0.4 is 10.5 Å². The van der Waals surface area contributed by atoms with Crippen molar-refractivity contribution >= 4 is 0 Å². The summed E-state index contributed by atoms with van der Waals surface area (Å²) in [6.45, 7) is 5.05. The van der Waals surface area contributed by atoms with Crippen molar-refractivity contribution in [3.63, 3.8) is 0 Å². The van der Waals surface area contributed by atoms with Gasteiger partial charge in [-0.25, -0.2) is 0 Å². The van der Waals surface area contributed by atoms with Crippen LogP contribution >= 0.6 is 0 Å². The summed E-state index contributed by atoms with van der Waals surface area (Å²) in [6.07, 6.45) is 0. The third-order valence-electron chi connectivity index (χ3n) is 4.40. The van der Waals surface area contributed by atoms with E-state index in [9.17, 15) is 0 Å². The summed E-state index contributed by atoms with van der Waals surface area (Å²) in [6, 6.07) is 18.8. The van der Waals surface area contributed by atoms with Gasteiger partial charge in [-0.1, -0.05) is 56.3 Å². The highest BCUT2D eigenvalue weighted by molar-refractivity contribution is 5.37. The van der Waals surface area contributed by atoms with Gasteiger partial charge in [0.05, 0.1) is 0 Å². The molecule has 1 fully saturated rings. The van der Waals surface area contributed by atoms with E-state index in [4.69, 9.17) is 10.5 Å². The Hall–Kier alpha value is -1.80. The predicted octanol–water partition coefficient (Wildman–Crippen LogP) is 3.72. The molecule has 0 amide bonds. The molecule has 0 aliphatic heterocycles. The average molecular weight is 267 g/mol. The zero-order chi connectivity index (χ0) is 14.2. The molecule has 0 saturated heterocycles. The summed E-state index contributed by atoms with van der Waals surface area (Å²) in [5.41, 5.74) is 8.84. The lowest BCUT2D eigenvalue weighted by atomic mass is 10.0. The monoisotopic (exact) mass is 267 g/mol. The molecule has 2 aromatic carbocycles. The van der Waals surface area contributed by atoms with Gasteiger partial charge in [0.25, 0.3) is 0 Å². The fourth-order valence-corrected chi connectivity index (χ4v) is 2.83. The van der Waals surface area contributed by atoms with Crippen molar-refractivity contribution in [2.75, 3.05) is 0 Å². The van der Waals surface area contributed by atoms with Crippen LogP contribution in [-0.2, 0) is 6.61 Å². The molecule has 1 saturated carbocycles. The van der Waals surface area contributed by atoms with E-state index in [-0.39, 0.29) is 11.5 Å². The van der Waals surface area contributed by atoms with Crippen LogP contribution in [0.5, 0.6) is 5.75 Å². The van der Waals surface area contributed by atoms with Crippen molar-refractivity contribution in [2.45, 2.75) is 32.4 Å². The lowest BCUT2D eigenvalue weighted by Gasteiger charge is -2.08. The van der Waals surface area contributed by atoms with E-state index in [1.54, 1.807) is 0 Å². The van der Waals surface area contributed by atoms with Crippen molar-refractivity contribution < 1.29 is 4.74 Å². The summed E-state index contributed by atoms with van der Waals surface area (Å²) >= 11 is 0. The van der Waals surface area contributed by atoms with Crippen LogP contribution in [0.25, 0.3) is 0 Å². The Morgan fingerprint density at radius 3 is 2.15 bits per heavy atom. The van der Waals surface area contributed by atoms with Crippen LogP contribution in [0.15, 0.2) is 54.6 Å². The highest BCUT2D eigenvalue weighted by atomic mass is 16.5. The maximum absolute atomic E-state index is 6.12. The summed E-state index contributed by atoms with van der Waals surface area (Å²) < 4.78 is 5.79. The molecule has 0 aromatic heterocycles. The van der Waals surface area contributed by atoms with Crippen LogP contribution in [0.4, 0.5) is 0 Å². The Labute approximate surface area is 120 Å². The summed E-state index contributed by atoms with van der Waals surface area (Å²) in [7, 11) is 0. The van der Waals surface area contributed by atoms with Crippen LogP contribution in [0.1, 0.15) is 30.9 Å². The largest absolute Gasteiger partial charge is 0.489 e. The molecule has 2 atom stereocenters. The molecule has 2 N–H and O–H groups in total. The Morgan fingerprint density at radius 1 is 1.00 bits per heavy atom. The number of hydrogen-bond donors (Lipinski definition) is 1. The van der Waals surface area contributed by atoms with E-state index in [2.05, 4.69) is 38.1 Å². The maximum Gasteiger partial charge on any atom is 0.119 e. The number of ether oxygens (including phenoxy) is 1. The van der Waals surface area contributed by atoms with Gasteiger partial charge in [0.15, 0.2) is 0 Å². The minimum absolute atomic E-state index is 0.229. The van der Waals surface area contributed by atoms with Gasteiger partial charge in [0.1, 0.15) is 12.4 Å². The molecular formula is C18H21NO. The first-order chi connectivity index (χ1) is 9.59. The second-order valence-electron chi connectivity index (χ2n) is 6.17. The fourth-order valence-electron chi connectivity index (χ4n) is 2.83. The van der Waals surface area contributed by atoms with Crippen LogP contribution in [-0.4, -0.2) is 6.04 Å². The molecule has 0 spiro atoms. The molecule has 2 unspecified atom stereocenters. The van der Waals surface area contributed by atoms with Gasteiger partial charge in [-0.15, -0.1) is 0 Å². The minimum atomic E-state index is 0.229. The van der Waals surface area contributed by atoms with Gasteiger partial charge < -0.3 is 10.5 Å². The molecular weight excluding hydrogens is 246 g/mol. The summed E-state index contributed by atoms with van der Waals surface area (Å²) in [5.74, 6) is 1.38. The van der Waals surface area contributed by atoms with Crippen molar-refractivity contribution in [3.8, 4) is 5.75 Å². The van der Waals surface area contributed by atoms with Crippen molar-refractivity contribution in [1.29, 1.82) is 0 Å². The summed E-state index contributed by atoms with van der Waals surface area (Å²) in [4.78, 5) is 0. The van der Waals surface area contributed by atoms with Crippen LogP contribution in [0, 0.1) is 5.41 Å². The van der Waals surface area contributed by atoms with E-state index in [1.807, 2.05) is 30.3 Å². The SMILES string of the molecule is CC1(C)C(N)C1c1ccc(OCc2ccccc2)cc1. The molecule has 104 valence electrons. The molecule has 0 bridgehead atoms. The van der Waals surface area contributed by atoms with Gasteiger partial charge in [-0.05, 0) is 28.7 Å². The van der Waals surface area contributed by atoms with Crippen molar-refractivity contribution in [1.82, 2.24) is 0 Å². The number of nitrogens with two attached hydrogens (primary N) is 1. The fraction of sp³-hybridized carbons (Fsp3) is 0.333. The third-order valence-corrected chi connectivity index (χ3v) is 4.40. The number of rotatable bonds is 4. The molecule has 2 heteroatoms. The van der Waals surface area contributed by atoms with Crippen molar-refractivity contribution in [3.05, 3.63) is 65.7 Å². The molecule has 20 heavy (non-hydrogen) atoms. The van der Waals surface area contributed by atoms with Crippen molar-refractivity contribution in [2.24, 2.45) is 11.1 Å². The second kappa shape index (κ2) is 4.95. The topological polar surface area (TPSA) is 35.2 Å². The number of hydrogen-bond acceptors (Lipinski definition) is 2. The lowest BCUT2D eigenvalue weighted by molar-refractivity contribution is 0.306. The van der Waals surface area contributed by atoms with E-state index in [1.165, 1.54) is 11.1 Å². The van der Waals surface area contributed by atoms with E-state index in [0.717, 1.165) is 5.75 Å². The molecule has 1 aliphatic rings. The number of benzene rings is 2. The molecule has 0 heterocycles. The van der Waals surface area contributed by atoms with Crippen LogP contribution in [0.2, 0.25) is 0 Å². The molecule has 2 aromatic rings. The Bertz CT molecular complexity index is 574. The first-order valence-corrected chi connectivity index (χ1v) is 7.11. The quantitative estimate of drug-likeness (QED) is 0.916. The zero-order valence-electron chi connectivity index (χ0n) is 12.0.